The van der Waals surface area contributed by atoms with E-state index in [1.807, 2.05) is 11.0 Å². The summed E-state index contributed by atoms with van der Waals surface area (Å²) in [5.41, 5.74) is 6.04. The Morgan fingerprint density at radius 1 is 1.16 bits per heavy atom. The maximum atomic E-state index is 13.9. The van der Waals surface area contributed by atoms with Gasteiger partial charge < -0.3 is 25.6 Å². The Morgan fingerprint density at radius 2 is 1.91 bits per heavy atom. The highest BCUT2D eigenvalue weighted by Gasteiger charge is 2.50. The minimum atomic E-state index is -4.67. The minimum absolute atomic E-state index is 0.0563. The highest BCUT2D eigenvalue weighted by atomic mass is 19.4. The normalized spacial score (nSPS) is 18.1. The van der Waals surface area contributed by atoms with Crippen molar-refractivity contribution in [3.05, 3.63) is 35.7 Å². The van der Waals surface area contributed by atoms with Gasteiger partial charge in [0.05, 0.1) is 36.3 Å². The number of fused-ring (bicyclic) bond motifs is 1. The van der Waals surface area contributed by atoms with Crippen LogP contribution in [-0.4, -0.2) is 100 Å². The molecule has 0 saturated carbocycles. The van der Waals surface area contributed by atoms with Gasteiger partial charge in [0.25, 0.3) is 5.91 Å². The molecule has 1 spiro atoms. The number of rotatable bonds is 6. The molecule has 43 heavy (non-hydrogen) atoms. The number of ether oxygens (including phenoxy) is 1. The van der Waals surface area contributed by atoms with E-state index in [-0.39, 0.29) is 35.1 Å². The van der Waals surface area contributed by atoms with Crippen molar-refractivity contribution in [3.63, 3.8) is 0 Å². The number of nitrogens with two attached hydrogens (primary N) is 1. The number of amides is 2. The fourth-order valence-electron chi connectivity index (χ4n) is 5.68. The molecule has 3 N–H and O–H groups in total. The minimum Gasteiger partial charge on any atom is -0.384 e. The monoisotopic (exact) mass is 597 g/mol. The number of piperazine rings is 1. The largest absolute Gasteiger partial charge is 0.417 e. The number of nitrogens with zero attached hydrogens (tertiary/aromatic N) is 7. The van der Waals surface area contributed by atoms with Crippen molar-refractivity contribution in [1.82, 2.24) is 34.7 Å². The summed E-state index contributed by atoms with van der Waals surface area (Å²) in [5, 5.41) is 6.97. The van der Waals surface area contributed by atoms with Gasteiger partial charge >= 0.3 is 6.18 Å². The molecule has 0 unspecified atom stereocenters. The Bertz CT molecular complexity index is 1630. The number of nitrogens with one attached hydrogen (secondary N) is 1. The average Bonchev–Trinajstić information content (AvgIpc) is 3.32. The Kier molecular flexibility index (Phi) is 7.35. The van der Waals surface area contributed by atoms with E-state index in [2.05, 4.69) is 37.1 Å². The molecule has 12 nitrogen and oxygen atoms in total. The van der Waals surface area contributed by atoms with Gasteiger partial charge in [0, 0.05) is 58.2 Å². The fraction of sp³-hybridized carbons (Fsp3) is 0.464. The highest BCUT2D eigenvalue weighted by Crippen LogP contribution is 2.42. The second-order valence-electron chi connectivity index (χ2n) is 11.2. The van der Waals surface area contributed by atoms with E-state index in [9.17, 15) is 22.8 Å². The van der Waals surface area contributed by atoms with Crippen LogP contribution in [0.1, 0.15) is 18.1 Å². The zero-order chi connectivity index (χ0) is 30.4. The van der Waals surface area contributed by atoms with Gasteiger partial charge in [-0.1, -0.05) is 5.92 Å². The lowest BCUT2D eigenvalue weighted by atomic mass is 9.78. The third-order valence-corrected chi connectivity index (χ3v) is 7.91. The predicted octanol–water partition coefficient (Wildman–Crippen LogP) is 1.01. The molecule has 0 bridgehead atoms. The first-order valence-corrected chi connectivity index (χ1v) is 13.8. The molecule has 2 amide bonds. The number of hydrogen-bond donors (Lipinski definition) is 2. The lowest BCUT2D eigenvalue weighted by Crippen LogP contribution is -2.66. The van der Waals surface area contributed by atoms with Crippen molar-refractivity contribution < 1.29 is 27.5 Å². The first-order chi connectivity index (χ1) is 20.5. The topological polar surface area (TPSA) is 134 Å². The zero-order valence-corrected chi connectivity index (χ0v) is 23.4. The van der Waals surface area contributed by atoms with Crippen LogP contribution in [0, 0.1) is 17.3 Å². The van der Waals surface area contributed by atoms with Gasteiger partial charge in [-0.2, -0.15) is 13.2 Å². The summed E-state index contributed by atoms with van der Waals surface area (Å²) in [4.78, 5) is 38.5. The number of carbonyl (C=O) groups excluding carboxylic acids is 2. The van der Waals surface area contributed by atoms with Crippen LogP contribution >= 0.6 is 0 Å². The molecule has 0 aromatic carbocycles. The number of pyridine rings is 1. The fourth-order valence-corrected chi connectivity index (χ4v) is 5.68. The Hall–Kier alpha value is -4.42. The molecule has 0 aliphatic carbocycles. The molecular weight excluding hydrogens is 567 g/mol. The lowest BCUT2D eigenvalue weighted by Gasteiger charge is -2.55. The smallest absolute Gasteiger partial charge is 0.384 e. The summed E-state index contributed by atoms with van der Waals surface area (Å²) < 4.78 is 48.8. The van der Waals surface area contributed by atoms with E-state index < -0.39 is 17.6 Å². The Labute approximate surface area is 245 Å². The van der Waals surface area contributed by atoms with Crippen LogP contribution in [-0.2, 0) is 27.0 Å². The number of alkyl halides is 3. The number of aromatic nitrogens is 4. The second-order valence-corrected chi connectivity index (χ2v) is 11.2. The van der Waals surface area contributed by atoms with E-state index >= 15 is 0 Å². The first-order valence-electron chi connectivity index (χ1n) is 13.8. The standard InChI is InChI=1S/C28H30F3N9O3/c1-2-3-23(41)34-11-24(42)38-6-4-37(5-7-38)12-18-8-21-26(39-14-27(15-39)16-43-17-27)35-25(36-40(21)13-18)19-10-33-22(32)9-20(19)28(29,30)31/h8-10,13H,4-7,11-12,14-17H2,1H3,(H2,32,33)(H,34,41). The van der Waals surface area contributed by atoms with Crippen LogP contribution in [0.25, 0.3) is 16.9 Å². The Morgan fingerprint density at radius 3 is 2.56 bits per heavy atom. The van der Waals surface area contributed by atoms with Gasteiger partial charge in [-0.25, -0.2) is 14.5 Å². The molecular formula is C28H30F3N9O3. The van der Waals surface area contributed by atoms with Gasteiger partial charge in [0.1, 0.15) is 11.3 Å². The van der Waals surface area contributed by atoms with Crippen LogP contribution in [0.3, 0.4) is 0 Å². The number of carbonyl (C=O) groups is 2. The maximum Gasteiger partial charge on any atom is 0.417 e. The van der Waals surface area contributed by atoms with Gasteiger partial charge in [0.2, 0.25) is 5.91 Å². The molecule has 3 aromatic heterocycles. The van der Waals surface area contributed by atoms with Crippen LogP contribution in [0.15, 0.2) is 24.5 Å². The molecule has 3 aliphatic rings. The first kappa shape index (κ1) is 28.7. The highest BCUT2D eigenvalue weighted by molar-refractivity contribution is 5.95. The predicted molar refractivity (Wildman–Crippen MR) is 149 cm³/mol. The van der Waals surface area contributed by atoms with E-state index in [1.54, 1.807) is 22.5 Å². The summed E-state index contributed by atoms with van der Waals surface area (Å²) in [5.74, 6) is 4.38. The molecule has 3 aliphatic heterocycles. The van der Waals surface area contributed by atoms with Crippen LogP contribution in [0.4, 0.5) is 24.8 Å². The molecule has 0 radical (unpaired) electrons. The summed E-state index contributed by atoms with van der Waals surface area (Å²) >= 11 is 0. The number of halogens is 3. The molecule has 6 heterocycles. The van der Waals surface area contributed by atoms with Crippen LogP contribution in [0.5, 0.6) is 0 Å². The molecule has 226 valence electrons. The van der Waals surface area contributed by atoms with Crippen molar-refractivity contribution in [1.29, 1.82) is 0 Å². The van der Waals surface area contributed by atoms with Crippen molar-refractivity contribution in [2.45, 2.75) is 19.6 Å². The third kappa shape index (κ3) is 5.80. The number of anilines is 2. The molecule has 3 fully saturated rings. The van der Waals surface area contributed by atoms with Crippen molar-refractivity contribution >= 4 is 29.0 Å². The molecule has 15 heteroatoms. The zero-order valence-electron chi connectivity index (χ0n) is 23.4. The maximum absolute atomic E-state index is 13.9. The molecule has 0 atom stereocenters. The van der Waals surface area contributed by atoms with E-state index in [0.29, 0.717) is 70.4 Å². The second kappa shape index (κ2) is 11.0. The molecule has 3 saturated heterocycles. The van der Waals surface area contributed by atoms with Crippen molar-refractivity contribution in [2.75, 3.05) is 69.7 Å². The van der Waals surface area contributed by atoms with Gasteiger partial charge in [0.15, 0.2) is 11.6 Å². The summed E-state index contributed by atoms with van der Waals surface area (Å²) in [6.07, 6.45) is -1.81. The quantitative estimate of drug-likeness (QED) is 0.400. The van der Waals surface area contributed by atoms with Crippen LogP contribution in [0.2, 0.25) is 0 Å². The van der Waals surface area contributed by atoms with Gasteiger partial charge in [-0.3, -0.25) is 14.5 Å². The molecule has 6 rings (SSSR count). The van der Waals surface area contributed by atoms with E-state index in [1.165, 1.54) is 0 Å². The Balaban J connectivity index is 1.22. The van der Waals surface area contributed by atoms with Crippen LogP contribution < -0.4 is 16.0 Å². The van der Waals surface area contributed by atoms with Crippen molar-refractivity contribution in [2.24, 2.45) is 5.41 Å². The van der Waals surface area contributed by atoms with E-state index in [0.717, 1.165) is 17.8 Å². The average molecular weight is 598 g/mol. The third-order valence-electron chi connectivity index (χ3n) is 7.91. The summed E-state index contributed by atoms with van der Waals surface area (Å²) in [6, 6.07) is 2.75. The van der Waals surface area contributed by atoms with Crippen molar-refractivity contribution in [3.8, 4) is 23.2 Å². The lowest BCUT2D eigenvalue weighted by molar-refractivity contribution is -0.137. The number of hydrogen-bond acceptors (Lipinski definition) is 9. The van der Waals surface area contributed by atoms with Gasteiger partial charge in [-0.05, 0) is 30.5 Å². The molecule has 3 aromatic rings. The van der Waals surface area contributed by atoms with E-state index in [4.69, 9.17) is 10.5 Å². The van der Waals surface area contributed by atoms with Gasteiger partial charge in [-0.15, -0.1) is 5.10 Å². The summed E-state index contributed by atoms with van der Waals surface area (Å²) in [6.45, 7) is 6.90. The summed E-state index contributed by atoms with van der Waals surface area (Å²) in [7, 11) is 0. The SMILES string of the molecule is CC#CC(=O)NCC(=O)N1CCN(Cc2cc3c(N4CC5(COC5)C4)nc(-c4cnc(N)cc4C(F)(F)F)nn3c2)CC1. The number of nitrogen functional groups attached to an aromatic ring is 1.